The summed E-state index contributed by atoms with van der Waals surface area (Å²) in [5.41, 5.74) is 9.69. The van der Waals surface area contributed by atoms with Crippen molar-refractivity contribution in [2.75, 3.05) is 20.8 Å². The van der Waals surface area contributed by atoms with Crippen LogP contribution in [0.3, 0.4) is 0 Å². The number of carbonyl (C=O) groups is 3. The lowest BCUT2D eigenvalue weighted by molar-refractivity contribution is -0.116. The second-order valence-corrected chi connectivity index (χ2v) is 26.6. The normalized spacial score (nSPS) is 18.9. The first kappa shape index (κ1) is 56.2. The van der Waals surface area contributed by atoms with Gasteiger partial charge in [-0.2, -0.15) is 5.10 Å². The van der Waals surface area contributed by atoms with E-state index in [0.717, 1.165) is 16.7 Å². The summed E-state index contributed by atoms with van der Waals surface area (Å²) in [5, 5.41) is 5.59. The molecule has 7 rings (SSSR count). The predicted molar refractivity (Wildman–Crippen MR) is 286 cm³/mol. The molecular weight excluding hydrogens is 934 g/mol. The van der Waals surface area contributed by atoms with E-state index in [4.69, 9.17) is 29.1 Å². The maximum atomic E-state index is 12.3. The highest BCUT2D eigenvalue weighted by Crippen LogP contribution is 2.40. The highest BCUT2D eigenvalue weighted by molar-refractivity contribution is 7.11. The van der Waals surface area contributed by atoms with Gasteiger partial charge in [-0.25, -0.2) is 5.43 Å². The molecule has 0 saturated carbocycles. The molecular formula is C55H68ClN5O7Si2. The van der Waals surface area contributed by atoms with Crippen molar-refractivity contribution in [3.8, 4) is 0 Å². The number of amides is 2. The van der Waals surface area contributed by atoms with E-state index in [9.17, 15) is 14.4 Å². The number of hydrazone groups is 1. The number of rotatable bonds is 13. The average Bonchev–Trinajstić information content (AvgIpc) is 3.58. The zero-order chi connectivity index (χ0) is 51.2. The number of hydrazine groups is 1. The number of nitrogens with one attached hydrogen (secondary N) is 2. The quantitative estimate of drug-likeness (QED) is 0.0296. The molecule has 70 heavy (non-hydrogen) atoms. The van der Waals surface area contributed by atoms with E-state index in [1.165, 1.54) is 6.08 Å². The smallest absolute Gasteiger partial charge is 0.537 e. The number of nitrogens with zero attached hydrogens (tertiary/aromatic N) is 3. The van der Waals surface area contributed by atoms with Gasteiger partial charge in [0.05, 0.1) is 37.5 Å². The van der Waals surface area contributed by atoms with Crippen LogP contribution in [0.25, 0.3) is 0 Å². The van der Waals surface area contributed by atoms with Gasteiger partial charge in [-0.15, -0.1) is 0 Å². The number of hydrogen-bond donors (Lipinski definition) is 2. The molecule has 15 heteroatoms. The van der Waals surface area contributed by atoms with Crippen molar-refractivity contribution in [3.63, 3.8) is 0 Å². The molecule has 12 nitrogen and oxygen atoms in total. The number of likely N-dealkylation sites (N-methyl/N-ethyl adjacent to an activating group) is 1. The van der Waals surface area contributed by atoms with Gasteiger partial charge in [0.25, 0.3) is 11.8 Å². The Bertz CT molecular complexity index is 2470. The Morgan fingerprint density at radius 1 is 0.829 bits per heavy atom. The van der Waals surface area contributed by atoms with Gasteiger partial charge in [0, 0.05) is 42.5 Å². The Hall–Kier alpha value is -6.40. The van der Waals surface area contributed by atoms with Crippen LogP contribution in [0.5, 0.6) is 0 Å². The summed E-state index contributed by atoms with van der Waals surface area (Å²) in [6.45, 7) is 19.2. The Kier molecular flexibility index (Phi) is 22.2. The van der Waals surface area contributed by atoms with E-state index in [1.54, 1.807) is 61.1 Å². The van der Waals surface area contributed by atoms with Crippen LogP contribution >= 0.6 is 11.1 Å². The zero-order valence-electron chi connectivity index (χ0n) is 41.8. The minimum atomic E-state index is -2.80. The number of ketones is 1. The van der Waals surface area contributed by atoms with Crippen LogP contribution in [0.1, 0.15) is 83.7 Å². The highest BCUT2D eigenvalue weighted by Gasteiger charge is 2.55. The van der Waals surface area contributed by atoms with Gasteiger partial charge in [-0.05, 0) is 86.1 Å². The maximum Gasteiger partial charge on any atom is 0.537 e. The fourth-order valence-corrected chi connectivity index (χ4v) is 10.7. The molecule has 2 N–H and O–H groups in total. The van der Waals surface area contributed by atoms with E-state index < -0.39 is 16.3 Å². The summed E-state index contributed by atoms with van der Waals surface area (Å²) >= 11 is 6.69. The Morgan fingerprint density at radius 3 is 1.84 bits per heavy atom. The fourth-order valence-electron chi connectivity index (χ4n) is 6.61. The van der Waals surface area contributed by atoms with Crippen molar-refractivity contribution < 1.29 is 32.4 Å². The molecule has 4 atom stereocenters. The summed E-state index contributed by atoms with van der Waals surface area (Å²) in [6, 6.07) is 47.5. The van der Waals surface area contributed by atoms with Crippen molar-refractivity contribution >= 4 is 51.2 Å². The van der Waals surface area contributed by atoms with Crippen LogP contribution in [0.15, 0.2) is 194 Å². The minimum Gasteiger partial charge on any atom is -0.545 e. The summed E-state index contributed by atoms with van der Waals surface area (Å²) in [4.78, 5) is 35.6. The summed E-state index contributed by atoms with van der Waals surface area (Å²) in [5.74, 6) is 0.323. The van der Waals surface area contributed by atoms with Gasteiger partial charge >= 0.3 is 8.03 Å². The molecule has 0 bridgehead atoms. The number of methoxy groups -OCH3 is 1. The molecule has 2 unspecified atom stereocenters. The molecule has 370 valence electrons. The van der Waals surface area contributed by atoms with Crippen molar-refractivity contribution in [1.29, 1.82) is 0 Å². The molecule has 2 aliphatic rings. The molecule has 0 aromatic heterocycles. The SMILES string of the molecule is C=C(/C=C/OC)O[Si](C)(C)C.C[C@H]1[C@H](c2ccccc2)O[Si](Cl)(OCC(C)(C)C)N1C.O=C(N/N=C/c1ccccc1)c1ccccc1.O=C1C=CN(NC(=O)c2ccccc2)C(c2ccccc2)C1. The Labute approximate surface area is 421 Å². The summed E-state index contributed by atoms with van der Waals surface area (Å²) in [7, 11) is -0.688. The lowest BCUT2D eigenvalue weighted by Gasteiger charge is -2.33. The number of benzene rings is 5. The van der Waals surface area contributed by atoms with Crippen molar-refractivity contribution in [2.24, 2.45) is 10.5 Å². The van der Waals surface area contributed by atoms with Crippen LogP contribution in [0, 0.1) is 5.41 Å². The first-order chi connectivity index (χ1) is 33.3. The van der Waals surface area contributed by atoms with Gasteiger partial charge in [0.2, 0.25) is 8.32 Å². The summed E-state index contributed by atoms with van der Waals surface area (Å²) < 4.78 is 24.5. The number of hydrogen-bond acceptors (Lipinski definition) is 10. The number of carbonyl (C=O) groups excluding carboxylic acids is 3. The van der Waals surface area contributed by atoms with Gasteiger partial charge in [-0.3, -0.25) is 29.4 Å². The molecule has 5 aromatic rings. The molecule has 1 saturated heterocycles. The molecule has 5 aromatic carbocycles. The second-order valence-electron chi connectivity index (χ2n) is 18.5. The predicted octanol–water partition coefficient (Wildman–Crippen LogP) is 11.6. The standard InChI is InChI=1S/C18H16N2O2.C15H24ClNO2Si.C14H12N2O.C8H16O2Si/c21-16-11-12-20(17(13-16)14-7-3-1-4-8-14)19-18(22)15-9-5-2-6-10-15;1-12-14(13-9-7-6-8-10-13)19-20(16,17(12)5)18-11-15(2,3)4;17-14(13-9-5-2-6-10-13)16-15-11-12-7-3-1-4-8-12;1-8(6-7-9-2)10-11(3,4)5/h1-12,17H,13H2,(H,19,22);6-10,12,14H,11H2,1-5H3;1-11H,(H,16,17);6-7H,1H2,2-5H3/b;;15-11+;7-6+/t;12-,14+,20?;;/m.0../s1. The van der Waals surface area contributed by atoms with Crippen LogP contribution < -0.4 is 10.9 Å². The number of halogens is 1. The number of allylic oxidation sites excluding steroid dienone is 2. The first-order valence-corrected chi connectivity index (χ1v) is 29.2. The zero-order valence-corrected chi connectivity index (χ0v) is 44.5. The van der Waals surface area contributed by atoms with Crippen molar-refractivity contribution in [1.82, 2.24) is 20.4 Å². The minimum absolute atomic E-state index is 0.0228. The van der Waals surface area contributed by atoms with Crippen LogP contribution in [-0.2, 0) is 22.8 Å². The fraction of sp³-hybridized carbons (Fsp3) is 0.273. The molecule has 0 spiro atoms. The topological polar surface area (TPSA) is 131 Å². The monoisotopic (exact) mass is 1000 g/mol. The molecule has 2 aliphatic heterocycles. The second kappa shape index (κ2) is 27.7. The van der Waals surface area contributed by atoms with E-state index in [0.29, 0.717) is 29.9 Å². The van der Waals surface area contributed by atoms with E-state index in [2.05, 4.69) is 86.6 Å². The van der Waals surface area contributed by atoms with E-state index in [1.807, 2.05) is 122 Å². The Balaban J connectivity index is 0.000000209. The lowest BCUT2D eigenvalue weighted by Crippen LogP contribution is -2.49. The van der Waals surface area contributed by atoms with Gasteiger partial charge in [-0.1, -0.05) is 166 Å². The largest absolute Gasteiger partial charge is 0.545 e. The van der Waals surface area contributed by atoms with Crippen LogP contribution in [0.2, 0.25) is 19.6 Å². The Morgan fingerprint density at radius 2 is 1.33 bits per heavy atom. The highest BCUT2D eigenvalue weighted by atomic mass is 35.6. The lowest BCUT2D eigenvalue weighted by atomic mass is 9.99. The van der Waals surface area contributed by atoms with E-state index in [-0.39, 0.29) is 41.2 Å². The maximum absolute atomic E-state index is 12.3. The third kappa shape index (κ3) is 19.5. The van der Waals surface area contributed by atoms with Crippen LogP contribution in [0.4, 0.5) is 0 Å². The number of ether oxygens (including phenoxy) is 1. The third-order valence-corrected chi connectivity index (χ3v) is 14.8. The van der Waals surface area contributed by atoms with Crippen LogP contribution in [-0.4, -0.2) is 76.5 Å². The van der Waals surface area contributed by atoms with Gasteiger partial charge < -0.3 is 18.0 Å². The molecule has 0 radical (unpaired) electrons. The average molecular weight is 1000 g/mol. The van der Waals surface area contributed by atoms with Gasteiger partial charge in [0.1, 0.15) is 0 Å². The molecule has 2 heterocycles. The van der Waals surface area contributed by atoms with Gasteiger partial charge in [0.15, 0.2) is 5.78 Å². The molecule has 2 amide bonds. The summed E-state index contributed by atoms with van der Waals surface area (Å²) in [6.07, 6.45) is 8.33. The van der Waals surface area contributed by atoms with Crippen molar-refractivity contribution in [3.05, 3.63) is 216 Å². The van der Waals surface area contributed by atoms with Crippen molar-refractivity contribution in [2.45, 2.75) is 71.9 Å². The molecule has 1 fully saturated rings. The third-order valence-electron chi connectivity index (χ3n) is 10.2. The van der Waals surface area contributed by atoms with E-state index >= 15 is 0 Å². The molecule has 0 aliphatic carbocycles. The first-order valence-electron chi connectivity index (χ1n) is 23.0.